The third-order valence-electron chi connectivity index (χ3n) is 2.09. The number of nitrogens with one attached hydrogen (secondary N) is 2. The molecule has 0 aromatic carbocycles. The lowest BCUT2D eigenvalue weighted by atomic mass is 10.2. The van der Waals surface area contributed by atoms with E-state index in [1.165, 1.54) is 6.33 Å². The van der Waals surface area contributed by atoms with Gasteiger partial charge >= 0.3 is 0 Å². The standard InChI is InChI=1S/C9H7N5/c1-2-10-3-6(1)7-8-9(13-4-11-7)14-5-12-8/h1-5,10H,(H,11,12,13,14). The Hall–Kier alpha value is -2.17. The summed E-state index contributed by atoms with van der Waals surface area (Å²) in [5.74, 6) is 0. The zero-order valence-electron chi connectivity index (χ0n) is 7.23. The second kappa shape index (κ2) is 2.66. The van der Waals surface area contributed by atoms with Gasteiger partial charge in [-0.15, -0.1) is 0 Å². The molecule has 5 nitrogen and oxygen atoms in total. The first-order valence-corrected chi connectivity index (χ1v) is 4.22. The SMILES string of the molecule is c1nc(-c2cc[nH]c2)c2[nH]cnc2n1. The minimum absolute atomic E-state index is 0.691. The fraction of sp³-hybridized carbons (Fsp3) is 0. The van der Waals surface area contributed by atoms with Crippen LogP contribution in [0.25, 0.3) is 22.4 Å². The fourth-order valence-electron chi connectivity index (χ4n) is 1.46. The van der Waals surface area contributed by atoms with Crippen LogP contribution >= 0.6 is 0 Å². The summed E-state index contributed by atoms with van der Waals surface area (Å²) < 4.78 is 0. The van der Waals surface area contributed by atoms with Gasteiger partial charge in [0.15, 0.2) is 5.65 Å². The van der Waals surface area contributed by atoms with Gasteiger partial charge in [0.2, 0.25) is 0 Å². The molecule has 3 heterocycles. The van der Waals surface area contributed by atoms with Crippen molar-refractivity contribution in [3.05, 3.63) is 31.1 Å². The number of imidazole rings is 1. The van der Waals surface area contributed by atoms with Gasteiger partial charge in [-0.2, -0.15) is 0 Å². The highest BCUT2D eigenvalue weighted by Crippen LogP contribution is 2.21. The van der Waals surface area contributed by atoms with Crippen LogP contribution in [0.15, 0.2) is 31.1 Å². The third kappa shape index (κ3) is 0.922. The molecular weight excluding hydrogens is 178 g/mol. The van der Waals surface area contributed by atoms with Gasteiger partial charge < -0.3 is 9.97 Å². The van der Waals surface area contributed by atoms with Crippen molar-refractivity contribution in [3.8, 4) is 11.3 Å². The smallest absolute Gasteiger partial charge is 0.181 e. The molecule has 0 saturated carbocycles. The molecule has 0 aliphatic carbocycles. The number of aromatic nitrogens is 5. The van der Waals surface area contributed by atoms with E-state index in [4.69, 9.17) is 0 Å². The Morgan fingerprint density at radius 3 is 3.00 bits per heavy atom. The molecule has 68 valence electrons. The molecule has 3 rings (SSSR count). The van der Waals surface area contributed by atoms with E-state index in [9.17, 15) is 0 Å². The monoisotopic (exact) mass is 185 g/mol. The van der Waals surface area contributed by atoms with Crippen molar-refractivity contribution in [1.82, 2.24) is 24.9 Å². The number of hydrogen-bond acceptors (Lipinski definition) is 3. The molecule has 3 aromatic rings. The van der Waals surface area contributed by atoms with Gasteiger partial charge in [-0.3, -0.25) is 0 Å². The lowest BCUT2D eigenvalue weighted by Crippen LogP contribution is -1.86. The number of H-pyrrole nitrogens is 2. The summed E-state index contributed by atoms with van der Waals surface area (Å²) in [7, 11) is 0. The molecule has 0 radical (unpaired) electrons. The number of aromatic amines is 2. The minimum Gasteiger partial charge on any atom is -0.367 e. The van der Waals surface area contributed by atoms with Crippen molar-refractivity contribution in [2.45, 2.75) is 0 Å². The predicted molar refractivity (Wildman–Crippen MR) is 51.5 cm³/mol. The topological polar surface area (TPSA) is 70.2 Å². The average molecular weight is 185 g/mol. The van der Waals surface area contributed by atoms with Crippen LogP contribution < -0.4 is 0 Å². The summed E-state index contributed by atoms with van der Waals surface area (Å²) in [6, 6.07) is 1.96. The minimum atomic E-state index is 0.691. The highest BCUT2D eigenvalue weighted by atomic mass is 15.0. The Bertz CT molecular complexity index is 551. The number of hydrogen-bond donors (Lipinski definition) is 2. The Morgan fingerprint density at radius 1 is 1.14 bits per heavy atom. The van der Waals surface area contributed by atoms with Crippen LogP contribution in [0.1, 0.15) is 0 Å². The van der Waals surface area contributed by atoms with Crippen molar-refractivity contribution in [1.29, 1.82) is 0 Å². The lowest BCUT2D eigenvalue weighted by Gasteiger charge is -1.96. The van der Waals surface area contributed by atoms with Crippen molar-refractivity contribution >= 4 is 11.2 Å². The van der Waals surface area contributed by atoms with Gasteiger partial charge in [-0.1, -0.05) is 0 Å². The van der Waals surface area contributed by atoms with Gasteiger partial charge in [-0.25, -0.2) is 15.0 Å². The molecular formula is C9H7N5. The van der Waals surface area contributed by atoms with Crippen molar-refractivity contribution in [3.63, 3.8) is 0 Å². The summed E-state index contributed by atoms with van der Waals surface area (Å²) in [6.45, 7) is 0. The number of rotatable bonds is 1. The first kappa shape index (κ1) is 7.25. The highest BCUT2D eigenvalue weighted by molar-refractivity contribution is 5.86. The molecule has 0 aliphatic heterocycles. The average Bonchev–Trinajstić information content (AvgIpc) is 2.88. The maximum atomic E-state index is 4.22. The summed E-state index contributed by atoms with van der Waals surface area (Å²) >= 11 is 0. The molecule has 3 aromatic heterocycles. The van der Waals surface area contributed by atoms with E-state index in [2.05, 4.69) is 24.9 Å². The second-order valence-electron chi connectivity index (χ2n) is 2.92. The molecule has 0 amide bonds. The van der Waals surface area contributed by atoms with Crippen LogP contribution in [0.5, 0.6) is 0 Å². The molecule has 0 spiro atoms. The molecule has 14 heavy (non-hydrogen) atoms. The number of nitrogens with zero attached hydrogens (tertiary/aromatic N) is 3. The molecule has 5 heteroatoms. The molecule has 0 unspecified atom stereocenters. The van der Waals surface area contributed by atoms with Crippen LogP contribution in [0.2, 0.25) is 0 Å². The van der Waals surface area contributed by atoms with Crippen LogP contribution in [0.3, 0.4) is 0 Å². The maximum Gasteiger partial charge on any atom is 0.181 e. The van der Waals surface area contributed by atoms with E-state index in [1.54, 1.807) is 6.33 Å². The van der Waals surface area contributed by atoms with E-state index in [0.717, 1.165) is 16.8 Å². The van der Waals surface area contributed by atoms with Crippen molar-refractivity contribution < 1.29 is 0 Å². The van der Waals surface area contributed by atoms with Crippen LogP contribution in [-0.4, -0.2) is 24.9 Å². The molecule has 0 saturated heterocycles. The Morgan fingerprint density at radius 2 is 2.14 bits per heavy atom. The quantitative estimate of drug-likeness (QED) is 0.601. The Kier molecular flexibility index (Phi) is 1.38. The molecule has 0 bridgehead atoms. The number of fused-ring (bicyclic) bond motifs is 1. The summed E-state index contributed by atoms with van der Waals surface area (Å²) in [5.41, 5.74) is 3.46. The zero-order chi connectivity index (χ0) is 9.38. The fourth-order valence-corrected chi connectivity index (χ4v) is 1.46. The highest BCUT2D eigenvalue weighted by Gasteiger charge is 2.07. The Balaban J connectivity index is 2.36. The van der Waals surface area contributed by atoms with Gasteiger partial charge in [-0.05, 0) is 6.07 Å². The third-order valence-corrected chi connectivity index (χ3v) is 2.09. The summed E-state index contributed by atoms with van der Waals surface area (Å²) in [4.78, 5) is 18.4. The van der Waals surface area contributed by atoms with Gasteiger partial charge in [0, 0.05) is 18.0 Å². The van der Waals surface area contributed by atoms with Gasteiger partial charge in [0.25, 0.3) is 0 Å². The van der Waals surface area contributed by atoms with Gasteiger partial charge in [0.05, 0.1) is 6.33 Å². The van der Waals surface area contributed by atoms with E-state index in [-0.39, 0.29) is 0 Å². The first-order valence-electron chi connectivity index (χ1n) is 4.22. The second-order valence-corrected chi connectivity index (χ2v) is 2.92. The predicted octanol–water partition coefficient (Wildman–Crippen LogP) is 1.35. The van der Waals surface area contributed by atoms with Crippen LogP contribution in [0, 0.1) is 0 Å². The normalized spacial score (nSPS) is 10.9. The molecule has 0 atom stereocenters. The van der Waals surface area contributed by atoms with Gasteiger partial charge in [0.1, 0.15) is 17.5 Å². The summed E-state index contributed by atoms with van der Waals surface area (Å²) in [6.07, 6.45) is 6.89. The molecule has 0 aliphatic rings. The molecule has 2 N–H and O–H groups in total. The summed E-state index contributed by atoms with van der Waals surface area (Å²) in [5, 5.41) is 0. The van der Waals surface area contributed by atoms with Crippen molar-refractivity contribution in [2.24, 2.45) is 0 Å². The van der Waals surface area contributed by atoms with E-state index >= 15 is 0 Å². The maximum absolute atomic E-state index is 4.22. The molecule has 0 fully saturated rings. The van der Waals surface area contributed by atoms with E-state index in [1.807, 2.05) is 18.5 Å². The first-order chi connectivity index (χ1) is 6.95. The van der Waals surface area contributed by atoms with Crippen LogP contribution in [0.4, 0.5) is 0 Å². The zero-order valence-corrected chi connectivity index (χ0v) is 7.23. The lowest BCUT2D eigenvalue weighted by molar-refractivity contribution is 1.20. The van der Waals surface area contributed by atoms with Crippen LogP contribution in [-0.2, 0) is 0 Å². The Labute approximate surface area is 79.2 Å². The van der Waals surface area contributed by atoms with Crippen molar-refractivity contribution in [2.75, 3.05) is 0 Å². The van der Waals surface area contributed by atoms with E-state index in [0.29, 0.717) is 5.65 Å². The largest absolute Gasteiger partial charge is 0.367 e. The van der Waals surface area contributed by atoms with E-state index < -0.39 is 0 Å².